The summed E-state index contributed by atoms with van der Waals surface area (Å²) in [5, 5.41) is 0. The Hall–Kier alpha value is -0.780. The first-order valence-corrected chi connectivity index (χ1v) is 9.31. The third kappa shape index (κ3) is 8.96. The topological polar surface area (TPSA) is 0 Å². The first-order valence-electron chi connectivity index (χ1n) is 9.31. The van der Waals surface area contributed by atoms with E-state index in [4.69, 9.17) is 0 Å². The molecule has 0 bridgehead atoms. The minimum absolute atomic E-state index is 0.852. The van der Waals surface area contributed by atoms with Crippen molar-refractivity contribution in [1.82, 2.24) is 0 Å². The normalized spacial score (nSPS) is 22.5. The summed E-state index contributed by atoms with van der Waals surface area (Å²) in [6.07, 6.45) is 27.8. The lowest BCUT2D eigenvalue weighted by molar-refractivity contribution is 0.462. The van der Waals surface area contributed by atoms with Gasteiger partial charge in [-0.1, -0.05) is 56.6 Å². The maximum absolute atomic E-state index is 3.78. The standard InChI is InChI=1S/C21H36/c1-3-5-7-9-11-13-16-20-18-15-19-21(20)17-14-12-10-8-6-4-2/h3,12-14,16,20-21H,1,4-11,15,17-19H2,2H3/t20-,21-/m0/s1. The van der Waals surface area contributed by atoms with Crippen LogP contribution in [0.25, 0.3) is 0 Å². The van der Waals surface area contributed by atoms with Gasteiger partial charge in [0, 0.05) is 0 Å². The molecule has 1 aliphatic carbocycles. The first-order chi connectivity index (χ1) is 10.4. The van der Waals surface area contributed by atoms with E-state index >= 15 is 0 Å². The Morgan fingerprint density at radius 3 is 2.48 bits per heavy atom. The van der Waals surface area contributed by atoms with E-state index in [1.165, 1.54) is 77.0 Å². The second-order valence-corrected chi connectivity index (χ2v) is 6.56. The molecule has 0 heterocycles. The highest BCUT2D eigenvalue weighted by atomic mass is 14.3. The van der Waals surface area contributed by atoms with Gasteiger partial charge in [-0.3, -0.25) is 0 Å². The summed E-state index contributed by atoms with van der Waals surface area (Å²) in [6, 6.07) is 0. The molecule has 1 saturated carbocycles. The largest absolute Gasteiger partial charge is 0.103 e. The van der Waals surface area contributed by atoms with Crippen LogP contribution in [0.15, 0.2) is 37.0 Å². The van der Waals surface area contributed by atoms with Crippen LogP contribution in [-0.4, -0.2) is 0 Å². The molecule has 1 fully saturated rings. The molecule has 0 unspecified atom stereocenters. The lowest BCUT2D eigenvalue weighted by Gasteiger charge is -2.14. The molecule has 0 heteroatoms. The van der Waals surface area contributed by atoms with Crippen LogP contribution in [0, 0.1) is 11.8 Å². The van der Waals surface area contributed by atoms with Crippen molar-refractivity contribution in [2.45, 2.75) is 84.0 Å². The summed E-state index contributed by atoms with van der Waals surface area (Å²) < 4.78 is 0. The number of hydrogen-bond acceptors (Lipinski definition) is 0. The summed E-state index contributed by atoms with van der Waals surface area (Å²) in [5.74, 6) is 1.77. The molecule has 0 aliphatic heterocycles. The van der Waals surface area contributed by atoms with Crippen LogP contribution >= 0.6 is 0 Å². The number of rotatable bonds is 12. The third-order valence-electron chi connectivity index (χ3n) is 4.71. The maximum atomic E-state index is 3.78. The van der Waals surface area contributed by atoms with Crippen molar-refractivity contribution in [1.29, 1.82) is 0 Å². The van der Waals surface area contributed by atoms with Gasteiger partial charge in [0.05, 0.1) is 0 Å². The molecule has 0 spiro atoms. The fourth-order valence-electron chi connectivity index (χ4n) is 3.33. The molecular weight excluding hydrogens is 252 g/mol. The van der Waals surface area contributed by atoms with Crippen LogP contribution in [0.4, 0.5) is 0 Å². The van der Waals surface area contributed by atoms with Gasteiger partial charge in [0.25, 0.3) is 0 Å². The lowest BCUT2D eigenvalue weighted by atomic mass is 9.92. The molecule has 0 aromatic carbocycles. The Bertz CT molecular complexity index is 297. The predicted molar refractivity (Wildman–Crippen MR) is 96.5 cm³/mol. The first kappa shape index (κ1) is 18.3. The summed E-state index contributed by atoms with van der Waals surface area (Å²) in [6.45, 7) is 6.05. The zero-order valence-corrected chi connectivity index (χ0v) is 14.2. The van der Waals surface area contributed by atoms with Gasteiger partial charge in [0.2, 0.25) is 0 Å². The van der Waals surface area contributed by atoms with Gasteiger partial charge in [-0.15, -0.1) is 6.58 Å². The summed E-state index contributed by atoms with van der Waals surface area (Å²) >= 11 is 0. The molecule has 1 rings (SSSR count). The molecule has 1 aliphatic rings. The van der Waals surface area contributed by atoms with Crippen LogP contribution in [-0.2, 0) is 0 Å². The lowest BCUT2D eigenvalue weighted by Crippen LogP contribution is -2.03. The van der Waals surface area contributed by atoms with Gasteiger partial charge in [-0.25, -0.2) is 0 Å². The van der Waals surface area contributed by atoms with Crippen molar-refractivity contribution < 1.29 is 0 Å². The monoisotopic (exact) mass is 288 g/mol. The highest BCUT2D eigenvalue weighted by Crippen LogP contribution is 2.35. The molecule has 2 atom stereocenters. The smallest absolute Gasteiger partial charge is 0.0202 e. The summed E-state index contributed by atoms with van der Waals surface area (Å²) in [4.78, 5) is 0. The van der Waals surface area contributed by atoms with Crippen LogP contribution in [0.2, 0.25) is 0 Å². The number of hydrogen-bond donors (Lipinski definition) is 0. The van der Waals surface area contributed by atoms with Crippen molar-refractivity contribution in [3.05, 3.63) is 37.0 Å². The Morgan fingerprint density at radius 2 is 1.67 bits per heavy atom. The van der Waals surface area contributed by atoms with Crippen molar-refractivity contribution >= 4 is 0 Å². The average molecular weight is 289 g/mol. The van der Waals surface area contributed by atoms with E-state index in [1.807, 2.05) is 6.08 Å². The molecule has 0 nitrogen and oxygen atoms in total. The van der Waals surface area contributed by atoms with E-state index in [0.29, 0.717) is 0 Å². The van der Waals surface area contributed by atoms with E-state index in [1.54, 1.807) is 0 Å². The predicted octanol–water partition coefficient (Wildman–Crippen LogP) is 7.23. The number of unbranched alkanes of at least 4 members (excludes halogenated alkanes) is 6. The molecule has 21 heavy (non-hydrogen) atoms. The molecular formula is C21H36. The Morgan fingerprint density at radius 1 is 0.905 bits per heavy atom. The van der Waals surface area contributed by atoms with Crippen LogP contribution in [0.1, 0.15) is 84.0 Å². The molecule has 0 amide bonds. The zero-order valence-electron chi connectivity index (χ0n) is 14.2. The molecule has 0 aromatic rings. The van der Waals surface area contributed by atoms with Gasteiger partial charge in [-0.05, 0) is 69.6 Å². The minimum atomic E-state index is 0.852. The van der Waals surface area contributed by atoms with E-state index in [0.717, 1.165) is 11.8 Å². The SMILES string of the molecule is C=CCCCCC=C[C@H]1CCC[C@@H]1CC=CCCCCC. The molecule has 0 saturated heterocycles. The highest BCUT2D eigenvalue weighted by molar-refractivity contribution is 4.97. The van der Waals surface area contributed by atoms with Gasteiger partial charge in [0.1, 0.15) is 0 Å². The zero-order chi connectivity index (χ0) is 15.2. The Balaban J connectivity index is 2.15. The van der Waals surface area contributed by atoms with E-state index in [2.05, 4.69) is 37.8 Å². The summed E-state index contributed by atoms with van der Waals surface area (Å²) in [5.41, 5.74) is 0. The average Bonchev–Trinajstić information content (AvgIpc) is 2.94. The second-order valence-electron chi connectivity index (χ2n) is 6.56. The summed E-state index contributed by atoms with van der Waals surface area (Å²) in [7, 11) is 0. The van der Waals surface area contributed by atoms with Crippen molar-refractivity contribution in [3.8, 4) is 0 Å². The van der Waals surface area contributed by atoms with Crippen molar-refractivity contribution in [2.75, 3.05) is 0 Å². The molecule has 0 N–H and O–H groups in total. The van der Waals surface area contributed by atoms with Crippen LogP contribution in [0.5, 0.6) is 0 Å². The second kappa shape index (κ2) is 12.9. The quantitative estimate of drug-likeness (QED) is 0.262. The molecule has 0 aromatic heterocycles. The molecule has 0 radical (unpaired) electrons. The van der Waals surface area contributed by atoms with Crippen LogP contribution < -0.4 is 0 Å². The van der Waals surface area contributed by atoms with Gasteiger partial charge in [0.15, 0.2) is 0 Å². The van der Waals surface area contributed by atoms with Gasteiger partial charge in [-0.2, -0.15) is 0 Å². The third-order valence-corrected chi connectivity index (χ3v) is 4.71. The van der Waals surface area contributed by atoms with Crippen LogP contribution in [0.3, 0.4) is 0 Å². The molecule has 120 valence electrons. The highest BCUT2D eigenvalue weighted by Gasteiger charge is 2.23. The van der Waals surface area contributed by atoms with Gasteiger partial charge >= 0.3 is 0 Å². The Kier molecular flexibility index (Phi) is 11.2. The Labute approximate surface area is 133 Å². The van der Waals surface area contributed by atoms with Gasteiger partial charge < -0.3 is 0 Å². The fourth-order valence-corrected chi connectivity index (χ4v) is 3.33. The fraction of sp³-hybridized carbons (Fsp3) is 0.714. The van der Waals surface area contributed by atoms with E-state index in [9.17, 15) is 0 Å². The maximum Gasteiger partial charge on any atom is -0.0202 e. The number of allylic oxidation sites excluding steroid dienone is 5. The van der Waals surface area contributed by atoms with E-state index < -0.39 is 0 Å². The van der Waals surface area contributed by atoms with Crippen molar-refractivity contribution in [3.63, 3.8) is 0 Å². The minimum Gasteiger partial charge on any atom is -0.103 e. The van der Waals surface area contributed by atoms with Crippen molar-refractivity contribution in [2.24, 2.45) is 11.8 Å². The van der Waals surface area contributed by atoms with E-state index in [-0.39, 0.29) is 0 Å².